The molecule has 0 aliphatic carbocycles. The second-order valence-electron chi connectivity index (χ2n) is 4.23. The molecule has 0 unspecified atom stereocenters. The van der Waals surface area contributed by atoms with Crippen molar-refractivity contribution in [2.24, 2.45) is 0 Å². The first-order valence-electron chi connectivity index (χ1n) is 6.10. The highest BCUT2D eigenvalue weighted by atomic mass is 16.5. The van der Waals surface area contributed by atoms with E-state index in [4.69, 9.17) is 9.84 Å². The van der Waals surface area contributed by atoms with E-state index in [0.29, 0.717) is 5.56 Å². The van der Waals surface area contributed by atoms with Gasteiger partial charge < -0.3 is 20.3 Å². The van der Waals surface area contributed by atoms with Crippen LogP contribution in [0.2, 0.25) is 0 Å². The van der Waals surface area contributed by atoms with Crippen molar-refractivity contribution in [3.63, 3.8) is 0 Å². The molecule has 0 atom stereocenters. The summed E-state index contributed by atoms with van der Waals surface area (Å²) in [5.74, 6) is -0.105. The van der Waals surface area contributed by atoms with E-state index in [0.717, 1.165) is 5.56 Å². The fourth-order valence-corrected chi connectivity index (χ4v) is 1.64. The minimum Gasteiger partial charge on any atom is -0.508 e. The number of aromatic hydroxyl groups is 2. The van der Waals surface area contributed by atoms with E-state index in [2.05, 4.69) is 5.32 Å². The summed E-state index contributed by atoms with van der Waals surface area (Å²) in [6, 6.07) is 13.5. The molecule has 0 bridgehead atoms. The maximum Gasteiger partial charge on any atom is 0.407 e. The van der Waals surface area contributed by atoms with Crippen molar-refractivity contribution in [2.75, 3.05) is 0 Å². The van der Waals surface area contributed by atoms with Gasteiger partial charge in [-0.2, -0.15) is 0 Å². The number of hydrogen-bond donors (Lipinski definition) is 3. The highest BCUT2D eigenvalue weighted by molar-refractivity contribution is 5.67. The minimum atomic E-state index is -0.568. The van der Waals surface area contributed by atoms with Crippen LogP contribution in [0.3, 0.4) is 0 Å². The Hall–Kier alpha value is -2.69. The van der Waals surface area contributed by atoms with Crippen molar-refractivity contribution in [1.29, 1.82) is 0 Å². The number of ether oxygens (including phenoxy) is 1. The van der Waals surface area contributed by atoms with Gasteiger partial charge in [0.05, 0.1) is 0 Å². The van der Waals surface area contributed by atoms with E-state index in [1.807, 2.05) is 30.3 Å². The largest absolute Gasteiger partial charge is 0.508 e. The Morgan fingerprint density at radius 2 is 1.85 bits per heavy atom. The summed E-state index contributed by atoms with van der Waals surface area (Å²) in [6.07, 6.45) is -0.568. The van der Waals surface area contributed by atoms with Crippen molar-refractivity contribution < 1.29 is 19.7 Å². The van der Waals surface area contributed by atoms with Crippen molar-refractivity contribution in [3.8, 4) is 11.5 Å². The number of phenolic OH excluding ortho intramolecular Hbond substituents is 2. The number of hydrogen-bond acceptors (Lipinski definition) is 4. The normalized spacial score (nSPS) is 10.0. The Morgan fingerprint density at radius 1 is 1.10 bits per heavy atom. The Kier molecular flexibility index (Phi) is 4.44. The summed E-state index contributed by atoms with van der Waals surface area (Å²) in [5, 5.41) is 21.2. The van der Waals surface area contributed by atoms with Crippen molar-refractivity contribution in [2.45, 2.75) is 13.2 Å². The lowest BCUT2D eigenvalue weighted by molar-refractivity contribution is 0.139. The maximum absolute atomic E-state index is 11.5. The monoisotopic (exact) mass is 273 g/mol. The van der Waals surface area contributed by atoms with Gasteiger partial charge in [-0.1, -0.05) is 30.3 Å². The van der Waals surface area contributed by atoms with Gasteiger partial charge in [0.2, 0.25) is 0 Å². The topological polar surface area (TPSA) is 78.8 Å². The van der Waals surface area contributed by atoms with Crippen LogP contribution < -0.4 is 5.32 Å². The zero-order valence-electron chi connectivity index (χ0n) is 10.7. The van der Waals surface area contributed by atoms with Crippen LogP contribution in [0.5, 0.6) is 11.5 Å². The fourth-order valence-electron chi connectivity index (χ4n) is 1.64. The lowest BCUT2D eigenvalue weighted by Crippen LogP contribution is -2.23. The molecule has 2 aromatic rings. The van der Waals surface area contributed by atoms with Crippen LogP contribution in [0.15, 0.2) is 48.5 Å². The quantitative estimate of drug-likeness (QED) is 0.799. The first kappa shape index (κ1) is 13.7. The van der Waals surface area contributed by atoms with Gasteiger partial charge in [-0.3, -0.25) is 0 Å². The Balaban J connectivity index is 1.80. The minimum absolute atomic E-state index is 0.0297. The van der Waals surface area contributed by atoms with Crippen LogP contribution in [-0.2, 0) is 17.9 Å². The highest BCUT2D eigenvalue weighted by Crippen LogP contribution is 2.22. The van der Waals surface area contributed by atoms with Gasteiger partial charge in [0.15, 0.2) is 0 Å². The van der Waals surface area contributed by atoms with Gasteiger partial charge >= 0.3 is 6.09 Å². The van der Waals surface area contributed by atoms with Crippen molar-refractivity contribution in [3.05, 3.63) is 59.7 Å². The first-order chi connectivity index (χ1) is 9.65. The van der Waals surface area contributed by atoms with Gasteiger partial charge in [-0.25, -0.2) is 4.79 Å². The molecule has 2 aromatic carbocycles. The fraction of sp³-hybridized carbons (Fsp3) is 0.133. The summed E-state index contributed by atoms with van der Waals surface area (Å²) < 4.78 is 5.03. The summed E-state index contributed by atoms with van der Waals surface area (Å²) in [6.45, 7) is 0.313. The van der Waals surface area contributed by atoms with E-state index < -0.39 is 6.09 Å². The molecule has 20 heavy (non-hydrogen) atoms. The number of rotatable bonds is 4. The number of carbonyl (C=O) groups is 1. The summed E-state index contributed by atoms with van der Waals surface area (Å²) in [5.41, 5.74) is 1.40. The molecule has 104 valence electrons. The third kappa shape index (κ3) is 3.91. The SMILES string of the molecule is O=C(NCc1ccc(O)cc1O)OCc1ccccc1. The zero-order valence-corrected chi connectivity index (χ0v) is 10.7. The second kappa shape index (κ2) is 6.47. The zero-order chi connectivity index (χ0) is 14.4. The summed E-state index contributed by atoms with van der Waals surface area (Å²) >= 11 is 0. The average Bonchev–Trinajstić information content (AvgIpc) is 2.45. The standard InChI is InChI=1S/C15H15NO4/c17-13-7-6-12(14(18)8-13)9-16-15(19)20-10-11-4-2-1-3-5-11/h1-8,17-18H,9-10H2,(H,16,19). The third-order valence-corrected chi connectivity index (χ3v) is 2.70. The molecule has 0 radical (unpaired) electrons. The molecule has 0 aromatic heterocycles. The molecule has 0 saturated carbocycles. The second-order valence-corrected chi connectivity index (χ2v) is 4.23. The molecular weight excluding hydrogens is 258 g/mol. The number of alkyl carbamates (subject to hydrolysis) is 1. The smallest absolute Gasteiger partial charge is 0.407 e. The Labute approximate surface area is 116 Å². The van der Waals surface area contributed by atoms with Gasteiger partial charge in [0.1, 0.15) is 18.1 Å². The number of amides is 1. The predicted molar refractivity (Wildman–Crippen MR) is 73.2 cm³/mol. The van der Waals surface area contributed by atoms with E-state index in [-0.39, 0.29) is 24.7 Å². The van der Waals surface area contributed by atoms with E-state index >= 15 is 0 Å². The molecule has 0 spiro atoms. The van der Waals surface area contributed by atoms with Crippen molar-refractivity contribution >= 4 is 6.09 Å². The molecule has 0 aliphatic rings. The molecule has 0 aliphatic heterocycles. The molecule has 3 N–H and O–H groups in total. The van der Waals surface area contributed by atoms with E-state index in [1.165, 1.54) is 18.2 Å². The van der Waals surface area contributed by atoms with Crippen LogP contribution in [0.25, 0.3) is 0 Å². The van der Waals surface area contributed by atoms with E-state index in [1.54, 1.807) is 0 Å². The lowest BCUT2D eigenvalue weighted by atomic mass is 10.2. The summed E-state index contributed by atoms with van der Waals surface area (Å²) in [7, 11) is 0. The molecule has 0 fully saturated rings. The number of nitrogens with one attached hydrogen (secondary N) is 1. The average molecular weight is 273 g/mol. The molecule has 5 nitrogen and oxygen atoms in total. The van der Waals surface area contributed by atoms with Crippen LogP contribution in [-0.4, -0.2) is 16.3 Å². The molecular formula is C15H15NO4. The predicted octanol–water partition coefficient (Wildman–Crippen LogP) is 2.52. The Bertz CT molecular complexity index is 584. The molecule has 1 amide bonds. The van der Waals surface area contributed by atoms with Crippen LogP contribution in [0, 0.1) is 0 Å². The van der Waals surface area contributed by atoms with Gasteiger partial charge in [-0.15, -0.1) is 0 Å². The van der Waals surface area contributed by atoms with Crippen LogP contribution in [0.1, 0.15) is 11.1 Å². The van der Waals surface area contributed by atoms with Crippen LogP contribution in [0.4, 0.5) is 4.79 Å². The lowest BCUT2D eigenvalue weighted by Gasteiger charge is -2.08. The molecule has 0 saturated heterocycles. The molecule has 2 rings (SSSR count). The van der Waals surface area contributed by atoms with E-state index in [9.17, 15) is 9.90 Å². The Morgan fingerprint density at radius 3 is 2.55 bits per heavy atom. The first-order valence-corrected chi connectivity index (χ1v) is 6.10. The highest BCUT2D eigenvalue weighted by Gasteiger charge is 2.06. The number of phenols is 2. The third-order valence-electron chi connectivity index (χ3n) is 2.70. The maximum atomic E-state index is 11.5. The molecule has 5 heteroatoms. The number of carbonyl (C=O) groups excluding carboxylic acids is 1. The number of benzene rings is 2. The van der Waals surface area contributed by atoms with Crippen molar-refractivity contribution in [1.82, 2.24) is 5.32 Å². The van der Waals surface area contributed by atoms with Gasteiger partial charge in [0, 0.05) is 18.2 Å². The van der Waals surface area contributed by atoms with Gasteiger partial charge in [-0.05, 0) is 17.7 Å². The van der Waals surface area contributed by atoms with Crippen LogP contribution >= 0.6 is 0 Å². The summed E-state index contributed by atoms with van der Waals surface area (Å²) in [4.78, 5) is 11.5. The van der Waals surface area contributed by atoms with Gasteiger partial charge in [0.25, 0.3) is 0 Å². The molecule has 0 heterocycles.